The van der Waals surface area contributed by atoms with E-state index in [1.54, 1.807) is 0 Å². The van der Waals surface area contributed by atoms with Gasteiger partial charge < -0.3 is 0 Å². The molecule has 0 N–H and O–H groups in total. The number of hydrogen-bond donors (Lipinski definition) is 0. The second-order valence-electron chi connectivity index (χ2n) is 2.29. The Labute approximate surface area is 81.9 Å². The first-order valence-electron chi connectivity index (χ1n) is 3.38. The molecule has 0 atom stereocenters. The minimum Gasteiger partial charge on any atom is -0.290 e. The van der Waals surface area contributed by atoms with Gasteiger partial charge in [0.15, 0.2) is 0 Å². The first kappa shape index (κ1) is 14.8. The first-order chi connectivity index (χ1) is 6.58. The van der Waals surface area contributed by atoms with Crippen LogP contribution in [-0.2, 0) is 18.1 Å². The van der Waals surface area contributed by atoms with Crippen molar-refractivity contribution in [3.05, 3.63) is 0 Å². The molecule has 0 spiro atoms. The third kappa shape index (κ3) is 4.02. The fraction of sp³-hybridized carbons (Fsp3) is 1.00. The number of rotatable bonds is 5. The van der Waals surface area contributed by atoms with Crippen LogP contribution in [0.3, 0.4) is 0 Å². The molecule has 4 nitrogen and oxygen atoms in total. The smallest absolute Gasteiger partial charge is 0.290 e. The SMILES string of the molecule is COP(=O)(OC)OCC(F)(F)C(F)(F)F. The zero-order valence-electron chi connectivity index (χ0n) is 7.68. The highest BCUT2D eigenvalue weighted by atomic mass is 31.2. The summed E-state index contributed by atoms with van der Waals surface area (Å²) >= 11 is 0. The maximum absolute atomic E-state index is 12.3. The van der Waals surface area contributed by atoms with E-state index in [1.807, 2.05) is 0 Å². The fourth-order valence-corrected chi connectivity index (χ4v) is 1.10. The summed E-state index contributed by atoms with van der Waals surface area (Å²) < 4.78 is 82.1. The lowest BCUT2D eigenvalue weighted by Crippen LogP contribution is -2.40. The number of alkyl halides is 5. The van der Waals surface area contributed by atoms with E-state index in [9.17, 15) is 26.5 Å². The Kier molecular flexibility index (Phi) is 4.66. The Bertz CT molecular complexity index is 244. The van der Waals surface area contributed by atoms with Gasteiger partial charge in [-0.1, -0.05) is 0 Å². The Morgan fingerprint density at radius 1 is 1.07 bits per heavy atom. The predicted molar refractivity (Wildman–Crippen MR) is 38.6 cm³/mol. The minimum absolute atomic E-state index is 0.788. The predicted octanol–water partition coefficient (Wildman–Crippen LogP) is 2.60. The average Bonchev–Trinajstić information content (AvgIpc) is 2.13. The normalized spacial score (nSPS) is 14.3. The highest BCUT2D eigenvalue weighted by Crippen LogP contribution is 2.49. The average molecular weight is 258 g/mol. The molecule has 15 heavy (non-hydrogen) atoms. The molecule has 0 aliphatic carbocycles. The molecular formula is C5H8F5O4P. The molecule has 0 rings (SSSR count). The van der Waals surface area contributed by atoms with Crippen LogP contribution >= 0.6 is 7.82 Å². The largest absolute Gasteiger partial charge is 0.474 e. The van der Waals surface area contributed by atoms with Crippen molar-refractivity contribution in [1.29, 1.82) is 0 Å². The third-order valence-electron chi connectivity index (χ3n) is 1.27. The third-order valence-corrected chi connectivity index (χ3v) is 2.61. The van der Waals surface area contributed by atoms with E-state index in [4.69, 9.17) is 0 Å². The van der Waals surface area contributed by atoms with Crippen molar-refractivity contribution in [2.45, 2.75) is 12.1 Å². The highest BCUT2D eigenvalue weighted by Gasteiger charge is 2.58. The molecule has 10 heteroatoms. The lowest BCUT2D eigenvalue weighted by molar-refractivity contribution is -0.290. The maximum Gasteiger partial charge on any atom is 0.474 e. The summed E-state index contributed by atoms with van der Waals surface area (Å²) in [6.07, 6.45) is -5.78. The molecule has 0 fully saturated rings. The minimum atomic E-state index is -5.78. The van der Waals surface area contributed by atoms with Gasteiger partial charge in [-0.25, -0.2) is 4.57 Å². The molecule has 0 aromatic carbocycles. The number of phosphoric ester groups is 1. The molecule has 0 saturated heterocycles. The van der Waals surface area contributed by atoms with Gasteiger partial charge in [-0.3, -0.25) is 13.6 Å². The van der Waals surface area contributed by atoms with Gasteiger partial charge in [0.1, 0.15) is 6.61 Å². The molecule has 0 radical (unpaired) electrons. The van der Waals surface area contributed by atoms with E-state index >= 15 is 0 Å². The molecule has 92 valence electrons. The zero-order chi connectivity index (χ0) is 12.3. The lowest BCUT2D eigenvalue weighted by atomic mass is 10.3. The summed E-state index contributed by atoms with van der Waals surface area (Å²) in [5.41, 5.74) is 0. The Hall–Kier alpha value is -0.240. The molecule has 0 aliphatic rings. The molecule has 0 amide bonds. The number of hydrogen-bond acceptors (Lipinski definition) is 4. The van der Waals surface area contributed by atoms with Crippen molar-refractivity contribution in [3.8, 4) is 0 Å². The maximum atomic E-state index is 12.3. The summed E-state index contributed by atoms with van der Waals surface area (Å²) in [5.74, 6) is -5.11. The molecule has 0 aliphatic heterocycles. The summed E-state index contributed by atoms with van der Waals surface area (Å²) in [7, 11) is -2.75. The molecule has 0 bridgehead atoms. The van der Waals surface area contributed by atoms with Crippen LogP contribution in [0.5, 0.6) is 0 Å². The molecule has 0 unspecified atom stereocenters. The van der Waals surface area contributed by atoms with Gasteiger partial charge in [0.2, 0.25) is 0 Å². The Morgan fingerprint density at radius 3 is 1.73 bits per heavy atom. The van der Waals surface area contributed by atoms with Gasteiger partial charge in [0, 0.05) is 14.2 Å². The lowest BCUT2D eigenvalue weighted by Gasteiger charge is -2.21. The van der Waals surface area contributed by atoms with E-state index in [0.717, 1.165) is 14.2 Å². The second-order valence-corrected chi connectivity index (χ2v) is 4.17. The van der Waals surface area contributed by atoms with E-state index in [1.165, 1.54) is 0 Å². The highest BCUT2D eigenvalue weighted by molar-refractivity contribution is 7.48. The van der Waals surface area contributed by atoms with Gasteiger partial charge in [0.05, 0.1) is 0 Å². The monoisotopic (exact) mass is 258 g/mol. The summed E-state index contributed by atoms with van der Waals surface area (Å²) in [6.45, 7) is -2.13. The van der Waals surface area contributed by atoms with Crippen LogP contribution in [-0.4, -0.2) is 32.9 Å². The molecular weight excluding hydrogens is 250 g/mol. The van der Waals surface area contributed by atoms with E-state index in [0.29, 0.717) is 0 Å². The number of phosphoric acid groups is 1. The van der Waals surface area contributed by atoms with Crippen molar-refractivity contribution in [2.75, 3.05) is 20.8 Å². The van der Waals surface area contributed by atoms with E-state index in [2.05, 4.69) is 13.6 Å². The van der Waals surface area contributed by atoms with Crippen molar-refractivity contribution in [2.24, 2.45) is 0 Å². The standard InChI is InChI=1S/C5H8F5O4P/c1-12-15(11,13-2)14-3-4(6,7)5(8,9)10/h3H2,1-2H3. The quantitative estimate of drug-likeness (QED) is 0.561. The van der Waals surface area contributed by atoms with Crippen LogP contribution < -0.4 is 0 Å². The van der Waals surface area contributed by atoms with Crippen LogP contribution in [0.2, 0.25) is 0 Å². The van der Waals surface area contributed by atoms with Gasteiger partial charge >= 0.3 is 19.9 Å². The van der Waals surface area contributed by atoms with Crippen LogP contribution in [0, 0.1) is 0 Å². The van der Waals surface area contributed by atoms with Gasteiger partial charge in [-0.15, -0.1) is 0 Å². The van der Waals surface area contributed by atoms with Crippen LogP contribution in [0.4, 0.5) is 22.0 Å². The second kappa shape index (κ2) is 4.73. The molecule has 0 saturated carbocycles. The summed E-state index contributed by atoms with van der Waals surface area (Å²) in [6, 6.07) is 0. The van der Waals surface area contributed by atoms with Crippen LogP contribution in [0.1, 0.15) is 0 Å². The van der Waals surface area contributed by atoms with Crippen molar-refractivity contribution in [1.82, 2.24) is 0 Å². The summed E-state index contributed by atoms with van der Waals surface area (Å²) in [5, 5.41) is 0. The van der Waals surface area contributed by atoms with Crippen molar-refractivity contribution < 1.29 is 40.1 Å². The van der Waals surface area contributed by atoms with E-state index < -0.39 is 26.5 Å². The van der Waals surface area contributed by atoms with Crippen LogP contribution in [0.15, 0.2) is 0 Å². The summed E-state index contributed by atoms with van der Waals surface area (Å²) in [4.78, 5) is 0. The Morgan fingerprint density at radius 2 is 1.47 bits per heavy atom. The van der Waals surface area contributed by atoms with E-state index in [-0.39, 0.29) is 0 Å². The molecule has 0 aromatic heterocycles. The fourth-order valence-electron chi connectivity index (χ4n) is 0.422. The first-order valence-corrected chi connectivity index (χ1v) is 4.84. The van der Waals surface area contributed by atoms with Gasteiger partial charge in [-0.2, -0.15) is 22.0 Å². The number of halogens is 5. The Balaban J connectivity index is 4.45. The van der Waals surface area contributed by atoms with Crippen LogP contribution in [0.25, 0.3) is 0 Å². The zero-order valence-corrected chi connectivity index (χ0v) is 8.57. The topological polar surface area (TPSA) is 44.8 Å². The van der Waals surface area contributed by atoms with Gasteiger partial charge in [-0.05, 0) is 0 Å². The molecule has 0 aromatic rings. The van der Waals surface area contributed by atoms with Crippen molar-refractivity contribution in [3.63, 3.8) is 0 Å². The molecule has 0 heterocycles. The van der Waals surface area contributed by atoms with Crippen molar-refractivity contribution >= 4 is 7.82 Å². The van der Waals surface area contributed by atoms with Gasteiger partial charge in [0.25, 0.3) is 0 Å².